The summed E-state index contributed by atoms with van der Waals surface area (Å²) in [5.74, 6) is 1.52. The van der Waals surface area contributed by atoms with Crippen molar-refractivity contribution in [3.63, 3.8) is 0 Å². The fourth-order valence-corrected chi connectivity index (χ4v) is 3.17. The zero-order valence-corrected chi connectivity index (χ0v) is 16.2. The van der Waals surface area contributed by atoms with Crippen molar-refractivity contribution in [2.75, 3.05) is 58.8 Å². The van der Waals surface area contributed by atoms with Crippen molar-refractivity contribution in [3.05, 3.63) is 41.6 Å². The molecule has 1 aromatic heterocycles. The number of carbonyl (C=O) groups excluding carboxylic acids is 1. The molecule has 1 saturated heterocycles. The number of nitrogens with one attached hydrogen (secondary N) is 1. The van der Waals surface area contributed by atoms with E-state index in [1.165, 1.54) is 0 Å². The number of benzene rings is 1. The molecule has 0 unspecified atom stereocenters. The lowest BCUT2D eigenvalue weighted by atomic mass is 10.1. The minimum absolute atomic E-state index is 0.0778. The highest BCUT2D eigenvalue weighted by Crippen LogP contribution is 2.19. The Morgan fingerprint density at radius 2 is 1.85 bits per heavy atom. The Kier molecular flexibility index (Phi) is 6.36. The van der Waals surface area contributed by atoms with Crippen LogP contribution in [-0.4, -0.2) is 79.2 Å². The van der Waals surface area contributed by atoms with Crippen LogP contribution in [0.25, 0.3) is 11.4 Å². The van der Waals surface area contributed by atoms with Gasteiger partial charge in [0.1, 0.15) is 5.82 Å². The summed E-state index contributed by atoms with van der Waals surface area (Å²) in [7, 11) is 3.55. The van der Waals surface area contributed by atoms with Crippen LogP contribution in [-0.2, 0) is 4.74 Å². The van der Waals surface area contributed by atoms with E-state index in [-0.39, 0.29) is 5.91 Å². The van der Waals surface area contributed by atoms with Crippen LogP contribution < -0.4 is 5.32 Å². The van der Waals surface area contributed by atoms with Gasteiger partial charge in [-0.3, -0.25) is 9.69 Å². The van der Waals surface area contributed by atoms with Crippen LogP contribution in [0.1, 0.15) is 16.1 Å². The smallest absolute Gasteiger partial charge is 0.253 e. The fourth-order valence-electron chi connectivity index (χ4n) is 3.17. The van der Waals surface area contributed by atoms with Crippen molar-refractivity contribution in [2.24, 2.45) is 0 Å². The van der Waals surface area contributed by atoms with E-state index in [1.807, 2.05) is 49.2 Å². The van der Waals surface area contributed by atoms with Crippen LogP contribution in [0, 0.1) is 6.92 Å². The molecule has 0 radical (unpaired) electrons. The third-order valence-corrected chi connectivity index (χ3v) is 4.77. The molecule has 1 N–H and O–H groups in total. The zero-order chi connectivity index (χ0) is 19.2. The van der Waals surface area contributed by atoms with Gasteiger partial charge in [-0.05, 0) is 19.1 Å². The predicted molar refractivity (Wildman–Crippen MR) is 106 cm³/mol. The summed E-state index contributed by atoms with van der Waals surface area (Å²) >= 11 is 0. The van der Waals surface area contributed by atoms with Crippen molar-refractivity contribution in [1.82, 2.24) is 19.8 Å². The fraction of sp³-hybridized carbons (Fsp3) is 0.450. The van der Waals surface area contributed by atoms with Crippen LogP contribution >= 0.6 is 0 Å². The first kappa shape index (κ1) is 19.3. The van der Waals surface area contributed by atoms with Crippen molar-refractivity contribution >= 4 is 11.7 Å². The second-order valence-corrected chi connectivity index (χ2v) is 6.67. The Labute approximate surface area is 160 Å². The summed E-state index contributed by atoms with van der Waals surface area (Å²) in [5.41, 5.74) is 2.50. The van der Waals surface area contributed by atoms with E-state index in [0.717, 1.165) is 56.4 Å². The van der Waals surface area contributed by atoms with Crippen molar-refractivity contribution < 1.29 is 9.53 Å². The molecule has 3 rings (SSSR count). The quantitative estimate of drug-likeness (QED) is 0.839. The standard InChI is InChI=1S/C20H27N5O2/c1-15-14-18(21-2)23-19(22-15)16-4-6-17(7-5-16)20(26)25-10-8-24(9-11-25)12-13-27-3/h4-7,14H,8-13H2,1-3H3,(H,21,22,23). The molecule has 2 heterocycles. The summed E-state index contributed by atoms with van der Waals surface area (Å²) in [6.07, 6.45) is 0. The third-order valence-electron chi connectivity index (χ3n) is 4.77. The Balaban J connectivity index is 1.65. The number of ether oxygens (including phenoxy) is 1. The average Bonchev–Trinajstić information content (AvgIpc) is 2.71. The average molecular weight is 369 g/mol. The molecule has 1 amide bonds. The van der Waals surface area contributed by atoms with Gasteiger partial charge in [0.2, 0.25) is 0 Å². The summed E-state index contributed by atoms with van der Waals surface area (Å²) < 4.78 is 5.12. The molecule has 7 heteroatoms. The number of aromatic nitrogens is 2. The van der Waals surface area contributed by atoms with Crippen molar-refractivity contribution in [1.29, 1.82) is 0 Å². The molecule has 2 aromatic rings. The van der Waals surface area contributed by atoms with Crippen LogP contribution in [0.15, 0.2) is 30.3 Å². The van der Waals surface area contributed by atoms with Gasteiger partial charge in [-0.2, -0.15) is 0 Å². The van der Waals surface area contributed by atoms with E-state index in [9.17, 15) is 4.79 Å². The maximum atomic E-state index is 12.8. The Bertz CT molecular complexity index is 770. The second-order valence-electron chi connectivity index (χ2n) is 6.67. The number of rotatable bonds is 6. The normalized spacial score (nSPS) is 15.0. The predicted octanol–water partition coefficient (Wildman–Crippen LogP) is 1.90. The molecular formula is C20H27N5O2. The van der Waals surface area contributed by atoms with Gasteiger partial charge >= 0.3 is 0 Å². The van der Waals surface area contributed by atoms with Crippen LogP contribution in [0.3, 0.4) is 0 Å². The van der Waals surface area contributed by atoms with Crippen LogP contribution in [0.4, 0.5) is 5.82 Å². The van der Waals surface area contributed by atoms with Gasteiger partial charge in [-0.25, -0.2) is 9.97 Å². The molecule has 1 aromatic carbocycles. The van der Waals surface area contributed by atoms with Crippen molar-refractivity contribution in [2.45, 2.75) is 6.92 Å². The van der Waals surface area contributed by atoms with Gasteiger partial charge in [0.25, 0.3) is 5.91 Å². The number of hydrogen-bond acceptors (Lipinski definition) is 6. The van der Waals surface area contributed by atoms with E-state index in [0.29, 0.717) is 11.4 Å². The molecule has 0 aliphatic carbocycles. The number of carbonyl (C=O) groups is 1. The Hall–Kier alpha value is -2.51. The lowest BCUT2D eigenvalue weighted by Gasteiger charge is -2.34. The highest BCUT2D eigenvalue weighted by atomic mass is 16.5. The molecule has 7 nitrogen and oxygen atoms in total. The lowest BCUT2D eigenvalue weighted by molar-refractivity contribution is 0.0594. The first-order valence-corrected chi connectivity index (χ1v) is 9.25. The number of aryl methyl sites for hydroxylation is 1. The molecule has 1 aliphatic heterocycles. The number of nitrogens with zero attached hydrogens (tertiary/aromatic N) is 4. The highest BCUT2D eigenvalue weighted by Gasteiger charge is 2.22. The number of anilines is 1. The number of methoxy groups -OCH3 is 1. The maximum Gasteiger partial charge on any atom is 0.253 e. The first-order chi connectivity index (χ1) is 13.1. The molecule has 0 saturated carbocycles. The van der Waals surface area contributed by atoms with E-state index in [1.54, 1.807) is 7.11 Å². The first-order valence-electron chi connectivity index (χ1n) is 9.25. The minimum Gasteiger partial charge on any atom is -0.383 e. The Morgan fingerprint density at radius 1 is 1.15 bits per heavy atom. The number of hydrogen-bond donors (Lipinski definition) is 1. The molecule has 144 valence electrons. The zero-order valence-electron chi connectivity index (χ0n) is 16.2. The largest absolute Gasteiger partial charge is 0.383 e. The minimum atomic E-state index is 0.0778. The molecule has 0 spiro atoms. The van der Waals surface area contributed by atoms with E-state index < -0.39 is 0 Å². The SMILES string of the molecule is CNc1cc(C)nc(-c2ccc(C(=O)N3CCN(CCOC)CC3)cc2)n1. The van der Waals surface area contributed by atoms with E-state index >= 15 is 0 Å². The van der Waals surface area contributed by atoms with Crippen LogP contribution in [0.5, 0.6) is 0 Å². The molecule has 1 fully saturated rings. The van der Waals surface area contributed by atoms with E-state index in [4.69, 9.17) is 4.74 Å². The molecular weight excluding hydrogens is 342 g/mol. The lowest BCUT2D eigenvalue weighted by Crippen LogP contribution is -2.49. The summed E-state index contributed by atoms with van der Waals surface area (Å²) in [6, 6.07) is 9.44. The van der Waals surface area contributed by atoms with Gasteiger partial charge in [-0.1, -0.05) is 12.1 Å². The Morgan fingerprint density at radius 3 is 2.48 bits per heavy atom. The van der Waals surface area contributed by atoms with Gasteiger partial charge in [0.05, 0.1) is 6.61 Å². The third kappa shape index (κ3) is 4.81. The van der Waals surface area contributed by atoms with Crippen molar-refractivity contribution in [3.8, 4) is 11.4 Å². The summed E-state index contributed by atoms with van der Waals surface area (Å²) in [5, 5.41) is 3.04. The summed E-state index contributed by atoms with van der Waals surface area (Å²) in [6.45, 7) is 6.85. The van der Waals surface area contributed by atoms with Gasteiger partial charge in [-0.15, -0.1) is 0 Å². The highest BCUT2D eigenvalue weighted by molar-refractivity contribution is 5.94. The van der Waals surface area contributed by atoms with Gasteiger partial charge < -0.3 is 15.0 Å². The molecule has 0 atom stereocenters. The summed E-state index contributed by atoms with van der Waals surface area (Å²) in [4.78, 5) is 26.0. The second kappa shape index (κ2) is 8.92. The number of amides is 1. The van der Waals surface area contributed by atoms with Gasteiger partial charge in [0.15, 0.2) is 5.82 Å². The molecule has 27 heavy (non-hydrogen) atoms. The monoisotopic (exact) mass is 369 g/mol. The van der Waals surface area contributed by atoms with E-state index in [2.05, 4.69) is 20.2 Å². The van der Waals surface area contributed by atoms with Gasteiger partial charge in [0, 0.05) is 69.8 Å². The topological polar surface area (TPSA) is 70.6 Å². The molecule has 1 aliphatic rings. The van der Waals surface area contributed by atoms with Crippen LogP contribution in [0.2, 0.25) is 0 Å². The number of piperazine rings is 1. The molecule has 0 bridgehead atoms. The maximum absolute atomic E-state index is 12.8.